The van der Waals surface area contributed by atoms with Crippen molar-refractivity contribution in [2.24, 2.45) is 11.7 Å². The first-order valence-electron chi connectivity index (χ1n) is 4.39. The van der Waals surface area contributed by atoms with Gasteiger partial charge in [-0.3, -0.25) is 0 Å². The summed E-state index contributed by atoms with van der Waals surface area (Å²) in [5.74, 6) is 0.706. The monoisotopic (exact) mass is 303 g/mol. The average Bonchev–Trinajstić information content (AvgIpc) is 2.85. The fraction of sp³-hybridized carbons (Fsp3) is 0.400. The quantitative estimate of drug-likeness (QED) is 0.887. The zero-order valence-corrected chi connectivity index (χ0v) is 10.3. The molecule has 13 heavy (non-hydrogen) atoms. The number of hydrogen-bond acceptors (Lipinski definition) is 1. The Kier molecular flexibility index (Phi) is 2.77. The van der Waals surface area contributed by atoms with E-state index in [1.54, 1.807) is 0 Å². The zero-order valence-electron chi connectivity index (χ0n) is 7.13. The summed E-state index contributed by atoms with van der Waals surface area (Å²) in [6.07, 6.45) is 2.56. The summed E-state index contributed by atoms with van der Waals surface area (Å²) in [6.45, 7) is 0. The highest BCUT2D eigenvalue weighted by Gasteiger charge is 2.30. The van der Waals surface area contributed by atoms with Crippen LogP contribution in [0.25, 0.3) is 0 Å². The highest BCUT2D eigenvalue weighted by Crippen LogP contribution is 2.41. The van der Waals surface area contributed by atoms with Gasteiger partial charge in [-0.1, -0.05) is 37.9 Å². The SMILES string of the molecule is N[C@H](c1ccc(Br)cc1Br)C1CC1. The Hall–Kier alpha value is 0.140. The van der Waals surface area contributed by atoms with Gasteiger partial charge in [-0.15, -0.1) is 0 Å². The summed E-state index contributed by atoms with van der Waals surface area (Å²) in [5.41, 5.74) is 7.33. The summed E-state index contributed by atoms with van der Waals surface area (Å²) in [4.78, 5) is 0. The predicted octanol–water partition coefficient (Wildman–Crippen LogP) is 3.62. The average molecular weight is 305 g/mol. The largest absolute Gasteiger partial charge is 0.324 e. The highest BCUT2D eigenvalue weighted by molar-refractivity contribution is 9.11. The third kappa shape index (κ3) is 2.14. The van der Waals surface area contributed by atoms with Crippen LogP contribution in [0.2, 0.25) is 0 Å². The van der Waals surface area contributed by atoms with Gasteiger partial charge in [0.1, 0.15) is 0 Å². The molecule has 1 aliphatic rings. The first-order valence-corrected chi connectivity index (χ1v) is 5.97. The van der Waals surface area contributed by atoms with Crippen LogP contribution in [0.4, 0.5) is 0 Å². The maximum Gasteiger partial charge on any atom is 0.0334 e. The Morgan fingerprint density at radius 3 is 2.54 bits per heavy atom. The van der Waals surface area contributed by atoms with Crippen molar-refractivity contribution >= 4 is 31.9 Å². The second kappa shape index (κ2) is 3.71. The maximum atomic E-state index is 6.11. The van der Waals surface area contributed by atoms with Crippen LogP contribution in [0.5, 0.6) is 0 Å². The highest BCUT2D eigenvalue weighted by atomic mass is 79.9. The van der Waals surface area contributed by atoms with Gasteiger partial charge >= 0.3 is 0 Å². The molecule has 1 aromatic carbocycles. The molecule has 1 nitrogen and oxygen atoms in total. The van der Waals surface area contributed by atoms with Gasteiger partial charge in [-0.2, -0.15) is 0 Å². The molecule has 1 aliphatic carbocycles. The number of hydrogen-bond donors (Lipinski definition) is 1. The van der Waals surface area contributed by atoms with Crippen LogP contribution in [0.15, 0.2) is 27.1 Å². The fourth-order valence-corrected chi connectivity index (χ4v) is 2.79. The van der Waals surface area contributed by atoms with E-state index in [1.165, 1.54) is 18.4 Å². The third-order valence-electron chi connectivity index (χ3n) is 2.45. The van der Waals surface area contributed by atoms with Crippen molar-refractivity contribution < 1.29 is 0 Å². The van der Waals surface area contributed by atoms with E-state index < -0.39 is 0 Å². The molecule has 1 fully saturated rings. The van der Waals surface area contributed by atoms with Crippen molar-refractivity contribution in [3.8, 4) is 0 Å². The van der Waals surface area contributed by atoms with E-state index >= 15 is 0 Å². The van der Waals surface area contributed by atoms with E-state index in [-0.39, 0.29) is 6.04 Å². The lowest BCUT2D eigenvalue weighted by Gasteiger charge is -2.12. The van der Waals surface area contributed by atoms with Gasteiger partial charge in [-0.05, 0) is 36.5 Å². The van der Waals surface area contributed by atoms with E-state index in [0.717, 1.165) is 8.95 Å². The van der Waals surface area contributed by atoms with E-state index in [2.05, 4.69) is 44.0 Å². The molecule has 0 bridgehead atoms. The molecule has 0 radical (unpaired) electrons. The van der Waals surface area contributed by atoms with Gasteiger partial charge in [0.25, 0.3) is 0 Å². The minimum absolute atomic E-state index is 0.211. The van der Waals surface area contributed by atoms with Gasteiger partial charge in [0.2, 0.25) is 0 Å². The second-order valence-electron chi connectivity index (χ2n) is 3.53. The molecule has 0 spiro atoms. The predicted molar refractivity (Wildman–Crippen MR) is 61.5 cm³/mol. The summed E-state index contributed by atoms with van der Waals surface area (Å²) in [5, 5.41) is 0. The minimum atomic E-state index is 0.211. The van der Waals surface area contributed by atoms with E-state index in [0.29, 0.717) is 5.92 Å². The third-order valence-corrected chi connectivity index (χ3v) is 3.63. The Balaban J connectivity index is 2.28. The molecular weight excluding hydrogens is 294 g/mol. The van der Waals surface area contributed by atoms with Crippen LogP contribution in [-0.2, 0) is 0 Å². The van der Waals surface area contributed by atoms with Gasteiger partial charge in [0.05, 0.1) is 0 Å². The molecule has 0 unspecified atom stereocenters. The van der Waals surface area contributed by atoms with Crippen LogP contribution in [-0.4, -0.2) is 0 Å². The standard InChI is InChI=1S/C10H11Br2N/c11-7-3-4-8(9(12)5-7)10(13)6-1-2-6/h3-6,10H,1-2,13H2/t10-/m0/s1. The lowest BCUT2D eigenvalue weighted by Crippen LogP contribution is -2.12. The molecule has 3 heteroatoms. The maximum absolute atomic E-state index is 6.11. The normalized spacial score (nSPS) is 18.7. The molecule has 0 aliphatic heterocycles. The number of benzene rings is 1. The van der Waals surface area contributed by atoms with Gasteiger partial charge in [-0.25, -0.2) is 0 Å². The van der Waals surface area contributed by atoms with Gasteiger partial charge < -0.3 is 5.73 Å². The minimum Gasteiger partial charge on any atom is -0.324 e. The first kappa shape index (κ1) is 9.69. The van der Waals surface area contributed by atoms with E-state index in [9.17, 15) is 0 Å². The molecule has 0 saturated heterocycles. The summed E-state index contributed by atoms with van der Waals surface area (Å²) >= 11 is 6.96. The Labute approximate surface area is 95.0 Å². The van der Waals surface area contributed by atoms with Crippen molar-refractivity contribution in [2.45, 2.75) is 18.9 Å². The van der Waals surface area contributed by atoms with E-state index in [1.807, 2.05) is 6.07 Å². The molecule has 0 amide bonds. The molecular formula is C10H11Br2N. The Bertz CT molecular complexity index is 321. The molecule has 2 rings (SSSR count). The van der Waals surface area contributed by atoms with Crippen molar-refractivity contribution in [3.63, 3.8) is 0 Å². The van der Waals surface area contributed by atoms with E-state index in [4.69, 9.17) is 5.73 Å². The molecule has 0 heterocycles. The molecule has 1 atom stereocenters. The van der Waals surface area contributed by atoms with Crippen molar-refractivity contribution in [1.29, 1.82) is 0 Å². The van der Waals surface area contributed by atoms with Crippen molar-refractivity contribution in [1.82, 2.24) is 0 Å². The topological polar surface area (TPSA) is 26.0 Å². The van der Waals surface area contributed by atoms with Crippen LogP contribution in [0.1, 0.15) is 24.4 Å². The van der Waals surface area contributed by atoms with Gasteiger partial charge in [0.15, 0.2) is 0 Å². The van der Waals surface area contributed by atoms with Crippen LogP contribution >= 0.6 is 31.9 Å². The van der Waals surface area contributed by atoms with Crippen LogP contribution < -0.4 is 5.73 Å². The van der Waals surface area contributed by atoms with Crippen molar-refractivity contribution in [3.05, 3.63) is 32.7 Å². The number of halogens is 2. The van der Waals surface area contributed by atoms with Crippen LogP contribution in [0, 0.1) is 5.92 Å². The lowest BCUT2D eigenvalue weighted by atomic mass is 10.0. The fourth-order valence-electron chi connectivity index (χ4n) is 1.48. The Morgan fingerprint density at radius 1 is 1.31 bits per heavy atom. The molecule has 70 valence electrons. The molecule has 1 aromatic rings. The van der Waals surface area contributed by atoms with Crippen molar-refractivity contribution in [2.75, 3.05) is 0 Å². The smallest absolute Gasteiger partial charge is 0.0334 e. The molecule has 0 aromatic heterocycles. The Morgan fingerprint density at radius 2 is 2.00 bits per heavy atom. The molecule has 2 N–H and O–H groups in total. The number of rotatable bonds is 2. The van der Waals surface area contributed by atoms with Gasteiger partial charge in [0, 0.05) is 15.0 Å². The summed E-state index contributed by atoms with van der Waals surface area (Å²) in [7, 11) is 0. The summed E-state index contributed by atoms with van der Waals surface area (Å²) in [6, 6.07) is 6.40. The first-order chi connectivity index (χ1) is 6.18. The zero-order chi connectivity index (χ0) is 9.42. The lowest BCUT2D eigenvalue weighted by molar-refractivity contribution is 0.631. The number of nitrogens with two attached hydrogens (primary N) is 1. The molecule has 1 saturated carbocycles. The second-order valence-corrected chi connectivity index (χ2v) is 5.30. The van der Waals surface area contributed by atoms with Crippen LogP contribution in [0.3, 0.4) is 0 Å². The summed E-state index contributed by atoms with van der Waals surface area (Å²) < 4.78 is 2.20.